The van der Waals surface area contributed by atoms with Crippen molar-refractivity contribution in [2.45, 2.75) is 19.9 Å². The van der Waals surface area contributed by atoms with Gasteiger partial charge in [-0.05, 0) is 0 Å². The van der Waals surface area contributed by atoms with Crippen LogP contribution in [-0.2, 0) is 14.3 Å². The van der Waals surface area contributed by atoms with Crippen LogP contribution >= 0.6 is 0 Å². The summed E-state index contributed by atoms with van der Waals surface area (Å²) in [6.45, 7) is 4.85. The summed E-state index contributed by atoms with van der Waals surface area (Å²) < 4.78 is 4.88. The summed E-state index contributed by atoms with van der Waals surface area (Å²) in [6, 6.07) is -0.105. The average molecular weight is 215 g/mol. The number of piperazine rings is 1. The second-order valence-electron chi connectivity index (χ2n) is 3.66. The van der Waals surface area contributed by atoms with Gasteiger partial charge in [0.05, 0.1) is 6.04 Å². The zero-order chi connectivity index (χ0) is 11.4. The van der Waals surface area contributed by atoms with Crippen LogP contribution < -0.4 is 5.84 Å². The van der Waals surface area contributed by atoms with E-state index in [1.54, 1.807) is 9.91 Å². The summed E-state index contributed by atoms with van der Waals surface area (Å²) >= 11 is 0. The number of hydrogen-bond donors (Lipinski definition) is 1. The number of carbonyl (C=O) groups excluding carboxylic acids is 2. The first-order chi connectivity index (χ1) is 7.00. The molecule has 15 heavy (non-hydrogen) atoms. The van der Waals surface area contributed by atoms with E-state index in [0.717, 1.165) is 0 Å². The lowest BCUT2D eigenvalue weighted by molar-refractivity contribution is -0.144. The first kappa shape index (κ1) is 11.9. The summed E-state index contributed by atoms with van der Waals surface area (Å²) in [5.74, 6) is 5.43. The quantitative estimate of drug-likeness (QED) is 0.470. The molecule has 1 saturated heterocycles. The molecule has 6 nitrogen and oxygen atoms in total. The molecule has 1 amide bonds. The molecule has 1 heterocycles. The number of carbonyl (C=O) groups is 2. The Hall–Kier alpha value is -1.14. The molecule has 0 aromatic carbocycles. The topological polar surface area (TPSA) is 75.9 Å². The van der Waals surface area contributed by atoms with Gasteiger partial charge < -0.3 is 9.64 Å². The monoisotopic (exact) mass is 215 g/mol. The predicted molar refractivity (Wildman–Crippen MR) is 53.6 cm³/mol. The molecule has 0 spiro atoms. The van der Waals surface area contributed by atoms with Crippen LogP contribution in [0.5, 0.6) is 0 Å². The molecule has 0 aromatic heterocycles. The molecule has 2 N–H and O–H groups in total. The van der Waals surface area contributed by atoms with Crippen LogP contribution in [0, 0.1) is 0 Å². The van der Waals surface area contributed by atoms with E-state index < -0.39 is 0 Å². The van der Waals surface area contributed by atoms with Gasteiger partial charge in [0.15, 0.2) is 0 Å². The first-order valence-electron chi connectivity index (χ1n) is 4.91. The van der Waals surface area contributed by atoms with Crippen molar-refractivity contribution in [2.24, 2.45) is 5.84 Å². The molecular formula is C9H17N3O3. The maximum Gasteiger partial charge on any atom is 0.302 e. The standard InChI is InChI=1S/C9H17N3O3/c1-7(13)11-3-4-12(10)9(5-11)6-15-8(2)14/h9H,3-6,10H2,1-2H3. The van der Waals surface area contributed by atoms with E-state index in [1.807, 2.05) is 0 Å². The molecule has 1 rings (SSSR count). The number of esters is 1. The van der Waals surface area contributed by atoms with E-state index in [1.165, 1.54) is 13.8 Å². The lowest BCUT2D eigenvalue weighted by Crippen LogP contribution is -2.58. The largest absolute Gasteiger partial charge is 0.464 e. The lowest BCUT2D eigenvalue weighted by atomic mass is 10.2. The molecule has 86 valence electrons. The molecule has 0 radical (unpaired) electrons. The Labute approximate surface area is 88.9 Å². The summed E-state index contributed by atoms with van der Waals surface area (Å²) in [5, 5.41) is 1.61. The number of amides is 1. The van der Waals surface area contributed by atoms with Crippen LogP contribution in [0.2, 0.25) is 0 Å². The predicted octanol–water partition coefficient (Wildman–Crippen LogP) is -1.04. The Morgan fingerprint density at radius 2 is 2.07 bits per heavy atom. The fraction of sp³-hybridized carbons (Fsp3) is 0.778. The van der Waals surface area contributed by atoms with Gasteiger partial charge in [0.2, 0.25) is 5.91 Å². The van der Waals surface area contributed by atoms with Gasteiger partial charge in [0, 0.05) is 33.5 Å². The van der Waals surface area contributed by atoms with Gasteiger partial charge >= 0.3 is 5.97 Å². The van der Waals surface area contributed by atoms with Crippen LogP contribution in [0.3, 0.4) is 0 Å². The summed E-state index contributed by atoms with van der Waals surface area (Å²) in [4.78, 5) is 23.5. The fourth-order valence-corrected chi connectivity index (χ4v) is 1.52. The number of nitrogens with two attached hydrogens (primary N) is 1. The molecule has 0 saturated carbocycles. The number of rotatable bonds is 2. The van der Waals surface area contributed by atoms with E-state index in [0.29, 0.717) is 19.6 Å². The summed E-state index contributed by atoms with van der Waals surface area (Å²) in [6.07, 6.45) is 0. The third kappa shape index (κ3) is 3.49. The van der Waals surface area contributed by atoms with Crippen LogP contribution in [0.15, 0.2) is 0 Å². The Bertz CT molecular complexity index is 257. The maximum absolute atomic E-state index is 11.1. The Balaban J connectivity index is 2.46. The second kappa shape index (κ2) is 5.09. The number of nitrogens with zero attached hydrogens (tertiary/aromatic N) is 2. The lowest BCUT2D eigenvalue weighted by Gasteiger charge is -2.38. The molecule has 1 aliphatic rings. The Morgan fingerprint density at radius 3 is 2.60 bits per heavy atom. The van der Waals surface area contributed by atoms with Crippen molar-refractivity contribution >= 4 is 11.9 Å². The van der Waals surface area contributed by atoms with Gasteiger partial charge in [-0.3, -0.25) is 15.4 Å². The van der Waals surface area contributed by atoms with Crippen molar-refractivity contribution in [1.82, 2.24) is 9.91 Å². The fourth-order valence-electron chi connectivity index (χ4n) is 1.52. The van der Waals surface area contributed by atoms with Gasteiger partial charge in [-0.1, -0.05) is 0 Å². The van der Waals surface area contributed by atoms with Crippen molar-refractivity contribution in [3.63, 3.8) is 0 Å². The zero-order valence-electron chi connectivity index (χ0n) is 9.10. The van der Waals surface area contributed by atoms with Crippen molar-refractivity contribution < 1.29 is 14.3 Å². The van der Waals surface area contributed by atoms with Gasteiger partial charge in [0.25, 0.3) is 0 Å². The molecular weight excluding hydrogens is 198 g/mol. The highest BCUT2D eigenvalue weighted by molar-refractivity contribution is 5.73. The maximum atomic E-state index is 11.1. The van der Waals surface area contributed by atoms with Gasteiger partial charge in [-0.25, -0.2) is 5.01 Å². The number of hydrogen-bond acceptors (Lipinski definition) is 5. The third-order valence-corrected chi connectivity index (χ3v) is 2.45. The third-order valence-electron chi connectivity index (χ3n) is 2.45. The number of hydrazine groups is 1. The van der Waals surface area contributed by atoms with Crippen LogP contribution in [-0.4, -0.2) is 54.1 Å². The van der Waals surface area contributed by atoms with E-state index in [2.05, 4.69) is 0 Å². The Morgan fingerprint density at radius 1 is 1.40 bits per heavy atom. The minimum Gasteiger partial charge on any atom is -0.464 e. The highest BCUT2D eigenvalue weighted by Crippen LogP contribution is 2.06. The highest BCUT2D eigenvalue weighted by atomic mass is 16.5. The first-order valence-corrected chi connectivity index (χ1v) is 4.91. The zero-order valence-corrected chi connectivity index (χ0v) is 9.10. The van der Waals surface area contributed by atoms with Crippen LogP contribution in [0.25, 0.3) is 0 Å². The molecule has 6 heteroatoms. The molecule has 1 unspecified atom stereocenters. The van der Waals surface area contributed by atoms with Crippen molar-refractivity contribution in [3.8, 4) is 0 Å². The number of ether oxygens (including phenoxy) is 1. The molecule has 0 aliphatic carbocycles. The normalized spacial score (nSPS) is 22.6. The molecule has 1 fully saturated rings. The van der Waals surface area contributed by atoms with E-state index in [4.69, 9.17) is 10.6 Å². The Kier molecular flexibility index (Phi) is 4.05. The van der Waals surface area contributed by atoms with Crippen LogP contribution in [0.1, 0.15) is 13.8 Å². The van der Waals surface area contributed by atoms with E-state index in [9.17, 15) is 9.59 Å². The molecule has 0 bridgehead atoms. The molecule has 0 aromatic rings. The van der Waals surface area contributed by atoms with Crippen molar-refractivity contribution in [2.75, 3.05) is 26.2 Å². The van der Waals surface area contributed by atoms with E-state index >= 15 is 0 Å². The SMILES string of the molecule is CC(=O)OCC1CN(C(C)=O)CCN1N. The van der Waals surface area contributed by atoms with Gasteiger partial charge in [-0.15, -0.1) is 0 Å². The highest BCUT2D eigenvalue weighted by Gasteiger charge is 2.26. The van der Waals surface area contributed by atoms with Gasteiger partial charge in [0.1, 0.15) is 6.61 Å². The molecule has 1 aliphatic heterocycles. The minimum atomic E-state index is -0.330. The smallest absolute Gasteiger partial charge is 0.302 e. The van der Waals surface area contributed by atoms with Crippen molar-refractivity contribution in [3.05, 3.63) is 0 Å². The van der Waals surface area contributed by atoms with Crippen LogP contribution in [0.4, 0.5) is 0 Å². The van der Waals surface area contributed by atoms with Crippen molar-refractivity contribution in [1.29, 1.82) is 0 Å². The summed E-state index contributed by atoms with van der Waals surface area (Å²) in [7, 11) is 0. The minimum absolute atomic E-state index is 0.0240. The van der Waals surface area contributed by atoms with Gasteiger partial charge in [-0.2, -0.15) is 0 Å². The second-order valence-corrected chi connectivity index (χ2v) is 3.66. The average Bonchev–Trinajstić information content (AvgIpc) is 2.16. The summed E-state index contributed by atoms with van der Waals surface area (Å²) in [5.41, 5.74) is 0. The molecule has 1 atom stereocenters. The van der Waals surface area contributed by atoms with E-state index in [-0.39, 0.29) is 24.5 Å².